The molecule has 0 amide bonds. The summed E-state index contributed by atoms with van der Waals surface area (Å²) in [5.41, 5.74) is 6.44. The summed E-state index contributed by atoms with van der Waals surface area (Å²) in [6, 6.07) is 4.83. The number of hydrogen-bond acceptors (Lipinski definition) is 4. The molecule has 2 aliphatic rings. The SMILES string of the molecule is NC(=S)c1ccc(N2CCN(C3CCCC3)CC2)nc1. The van der Waals surface area contributed by atoms with Crippen LogP contribution in [-0.2, 0) is 0 Å². The van der Waals surface area contributed by atoms with E-state index in [0.717, 1.165) is 43.6 Å². The number of rotatable bonds is 3. The molecule has 3 rings (SSSR count). The third-order valence-electron chi connectivity index (χ3n) is 4.51. The zero-order chi connectivity index (χ0) is 13.9. The number of anilines is 1. The molecule has 1 saturated heterocycles. The highest BCUT2D eigenvalue weighted by molar-refractivity contribution is 7.80. The maximum Gasteiger partial charge on any atom is 0.128 e. The monoisotopic (exact) mass is 290 g/mol. The molecule has 2 N–H and O–H groups in total. The van der Waals surface area contributed by atoms with Gasteiger partial charge in [-0.1, -0.05) is 25.1 Å². The summed E-state index contributed by atoms with van der Waals surface area (Å²) in [6.07, 6.45) is 7.38. The first-order valence-corrected chi connectivity index (χ1v) is 7.90. The van der Waals surface area contributed by atoms with E-state index in [9.17, 15) is 0 Å². The van der Waals surface area contributed by atoms with Crippen molar-refractivity contribution in [2.24, 2.45) is 5.73 Å². The van der Waals surface area contributed by atoms with E-state index in [-0.39, 0.29) is 0 Å². The fraction of sp³-hybridized carbons (Fsp3) is 0.600. The molecular weight excluding hydrogens is 268 g/mol. The van der Waals surface area contributed by atoms with E-state index in [4.69, 9.17) is 18.0 Å². The molecule has 108 valence electrons. The van der Waals surface area contributed by atoms with Gasteiger partial charge in [0.05, 0.1) is 0 Å². The smallest absolute Gasteiger partial charge is 0.128 e. The minimum absolute atomic E-state index is 0.412. The second-order valence-electron chi connectivity index (χ2n) is 5.73. The summed E-state index contributed by atoms with van der Waals surface area (Å²) in [6.45, 7) is 4.44. The van der Waals surface area contributed by atoms with Gasteiger partial charge in [0.2, 0.25) is 0 Å². The summed E-state index contributed by atoms with van der Waals surface area (Å²) >= 11 is 4.96. The molecule has 1 aromatic heterocycles. The van der Waals surface area contributed by atoms with E-state index >= 15 is 0 Å². The molecule has 5 heteroatoms. The Bertz CT molecular complexity index is 459. The number of thiocarbonyl (C=S) groups is 1. The van der Waals surface area contributed by atoms with Crippen LogP contribution in [0.2, 0.25) is 0 Å². The average molecular weight is 290 g/mol. The molecule has 0 radical (unpaired) electrons. The molecule has 0 spiro atoms. The number of nitrogens with zero attached hydrogens (tertiary/aromatic N) is 3. The van der Waals surface area contributed by atoms with E-state index < -0.39 is 0 Å². The lowest BCUT2D eigenvalue weighted by Crippen LogP contribution is -2.50. The Balaban J connectivity index is 1.58. The fourth-order valence-electron chi connectivity index (χ4n) is 3.30. The molecule has 1 aliphatic heterocycles. The molecule has 0 bridgehead atoms. The quantitative estimate of drug-likeness (QED) is 0.860. The van der Waals surface area contributed by atoms with Crippen molar-refractivity contribution in [3.8, 4) is 0 Å². The standard InChI is InChI=1S/C15H22N4S/c16-15(20)12-5-6-14(17-11-12)19-9-7-18(8-10-19)13-3-1-2-4-13/h5-6,11,13H,1-4,7-10H2,(H2,16,20). The van der Waals surface area contributed by atoms with Gasteiger partial charge >= 0.3 is 0 Å². The third-order valence-corrected chi connectivity index (χ3v) is 4.75. The van der Waals surface area contributed by atoms with E-state index in [1.54, 1.807) is 6.20 Å². The van der Waals surface area contributed by atoms with Crippen LogP contribution in [0.4, 0.5) is 5.82 Å². The van der Waals surface area contributed by atoms with E-state index in [2.05, 4.69) is 14.8 Å². The summed E-state index contributed by atoms with van der Waals surface area (Å²) in [7, 11) is 0. The molecule has 0 unspecified atom stereocenters. The Labute approximate surface area is 126 Å². The lowest BCUT2D eigenvalue weighted by Gasteiger charge is -2.38. The van der Waals surface area contributed by atoms with E-state index in [1.165, 1.54) is 25.7 Å². The zero-order valence-electron chi connectivity index (χ0n) is 11.8. The lowest BCUT2D eigenvalue weighted by molar-refractivity contribution is 0.187. The van der Waals surface area contributed by atoms with Gasteiger partial charge in [-0.3, -0.25) is 4.90 Å². The minimum atomic E-state index is 0.412. The predicted octanol–water partition coefficient (Wildman–Crippen LogP) is 1.78. The maximum atomic E-state index is 5.60. The van der Waals surface area contributed by atoms with Gasteiger partial charge < -0.3 is 10.6 Å². The second kappa shape index (κ2) is 6.06. The van der Waals surface area contributed by atoms with Gasteiger partial charge in [-0.15, -0.1) is 0 Å². The molecule has 20 heavy (non-hydrogen) atoms. The summed E-state index contributed by atoms with van der Waals surface area (Å²) < 4.78 is 0. The number of hydrogen-bond donors (Lipinski definition) is 1. The van der Waals surface area contributed by atoms with Crippen LogP contribution in [0.15, 0.2) is 18.3 Å². The largest absolute Gasteiger partial charge is 0.389 e. The minimum Gasteiger partial charge on any atom is -0.389 e. The number of pyridine rings is 1. The van der Waals surface area contributed by atoms with Crippen LogP contribution in [0.25, 0.3) is 0 Å². The van der Waals surface area contributed by atoms with Gasteiger partial charge in [-0.25, -0.2) is 4.98 Å². The van der Waals surface area contributed by atoms with Gasteiger partial charge in [0.25, 0.3) is 0 Å². The van der Waals surface area contributed by atoms with Crippen molar-refractivity contribution in [3.05, 3.63) is 23.9 Å². The molecular formula is C15H22N4S. The molecule has 0 aromatic carbocycles. The summed E-state index contributed by atoms with van der Waals surface area (Å²) in [4.78, 5) is 9.91. The van der Waals surface area contributed by atoms with Crippen molar-refractivity contribution < 1.29 is 0 Å². The molecule has 0 atom stereocenters. The predicted molar refractivity (Wildman–Crippen MR) is 86.2 cm³/mol. The zero-order valence-corrected chi connectivity index (χ0v) is 12.6. The Morgan fingerprint density at radius 2 is 1.85 bits per heavy atom. The van der Waals surface area contributed by atoms with E-state index in [0.29, 0.717) is 4.99 Å². The normalized spacial score (nSPS) is 21.3. The second-order valence-corrected chi connectivity index (χ2v) is 6.17. The van der Waals surface area contributed by atoms with Gasteiger partial charge in [0.15, 0.2) is 0 Å². The van der Waals surface area contributed by atoms with Crippen LogP contribution in [0.3, 0.4) is 0 Å². The van der Waals surface area contributed by atoms with Crippen molar-refractivity contribution in [3.63, 3.8) is 0 Å². The number of aromatic nitrogens is 1. The van der Waals surface area contributed by atoms with Crippen LogP contribution in [0, 0.1) is 0 Å². The molecule has 2 fully saturated rings. The highest BCUT2D eigenvalue weighted by Gasteiger charge is 2.26. The Morgan fingerprint density at radius 1 is 1.15 bits per heavy atom. The Morgan fingerprint density at radius 3 is 2.40 bits per heavy atom. The lowest BCUT2D eigenvalue weighted by atomic mass is 10.2. The molecule has 1 aromatic rings. The molecule has 2 heterocycles. The first-order chi connectivity index (χ1) is 9.74. The van der Waals surface area contributed by atoms with Gasteiger partial charge in [0.1, 0.15) is 10.8 Å². The van der Waals surface area contributed by atoms with E-state index in [1.807, 2.05) is 12.1 Å². The van der Waals surface area contributed by atoms with Crippen LogP contribution >= 0.6 is 12.2 Å². The van der Waals surface area contributed by atoms with Crippen LogP contribution < -0.4 is 10.6 Å². The van der Waals surface area contributed by atoms with Crippen molar-refractivity contribution in [2.75, 3.05) is 31.1 Å². The fourth-order valence-corrected chi connectivity index (χ4v) is 3.43. The maximum absolute atomic E-state index is 5.60. The van der Waals surface area contributed by atoms with Crippen LogP contribution in [-0.4, -0.2) is 47.1 Å². The molecule has 1 aliphatic carbocycles. The Kier molecular flexibility index (Phi) is 4.17. The van der Waals surface area contributed by atoms with Crippen LogP contribution in [0.5, 0.6) is 0 Å². The number of piperazine rings is 1. The van der Waals surface area contributed by atoms with Crippen molar-refractivity contribution in [1.82, 2.24) is 9.88 Å². The van der Waals surface area contributed by atoms with Crippen LogP contribution in [0.1, 0.15) is 31.2 Å². The third kappa shape index (κ3) is 2.94. The summed E-state index contributed by atoms with van der Waals surface area (Å²) in [5.74, 6) is 1.04. The highest BCUT2D eigenvalue weighted by Crippen LogP contribution is 2.25. The highest BCUT2D eigenvalue weighted by atomic mass is 32.1. The topological polar surface area (TPSA) is 45.4 Å². The summed E-state index contributed by atoms with van der Waals surface area (Å²) in [5, 5.41) is 0. The van der Waals surface area contributed by atoms with Gasteiger partial charge in [-0.2, -0.15) is 0 Å². The van der Waals surface area contributed by atoms with Crippen molar-refractivity contribution in [2.45, 2.75) is 31.7 Å². The van der Waals surface area contributed by atoms with Crippen molar-refractivity contribution >= 4 is 23.0 Å². The first-order valence-electron chi connectivity index (χ1n) is 7.49. The van der Waals surface area contributed by atoms with Gasteiger partial charge in [0, 0.05) is 44.0 Å². The Hall–Kier alpha value is -1.20. The average Bonchev–Trinajstić information content (AvgIpc) is 3.02. The number of nitrogens with two attached hydrogens (primary N) is 1. The molecule has 4 nitrogen and oxygen atoms in total. The molecule has 1 saturated carbocycles. The first kappa shape index (κ1) is 13.8. The van der Waals surface area contributed by atoms with Gasteiger partial charge in [-0.05, 0) is 25.0 Å². The van der Waals surface area contributed by atoms with Crippen molar-refractivity contribution in [1.29, 1.82) is 0 Å².